The van der Waals surface area contributed by atoms with E-state index in [9.17, 15) is 4.79 Å². The van der Waals surface area contributed by atoms with Crippen LogP contribution >= 0.6 is 11.6 Å². The number of hydrogen-bond donors (Lipinski definition) is 2. The van der Waals surface area contributed by atoms with E-state index in [1.807, 2.05) is 4.40 Å². The van der Waals surface area contributed by atoms with Crippen LogP contribution in [0.15, 0.2) is 49.1 Å². The predicted molar refractivity (Wildman–Crippen MR) is 79.0 cm³/mol. The van der Waals surface area contributed by atoms with E-state index in [0.717, 1.165) is 5.52 Å². The third-order valence-corrected chi connectivity index (χ3v) is 3.23. The predicted octanol–water partition coefficient (Wildman–Crippen LogP) is 2.82. The first-order chi connectivity index (χ1) is 9.63. The topological polar surface area (TPSA) is 72.4 Å². The second-order valence-electron chi connectivity index (χ2n) is 4.33. The molecule has 2 aromatic heterocycles. The van der Waals surface area contributed by atoms with Gasteiger partial charge in [-0.15, -0.1) is 0 Å². The Morgan fingerprint density at radius 2 is 2.15 bits per heavy atom. The van der Waals surface area contributed by atoms with Gasteiger partial charge in [-0.05, 0) is 30.3 Å². The van der Waals surface area contributed by atoms with Crippen molar-refractivity contribution in [2.24, 2.45) is 0 Å². The maximum absolute atomic E-state index is 12.2. The van der Waals surface area contributed by atoms with Crippen LogP contribution in [0.4, 0.5) is 11.4 Å². The molecule has 0 saturated heterocycles. The molecule has 100 valence electrons. The number of aromatic nitrogens is 2. The highest BCUT2D eigenvalue weighted by atomic mass is 35.5. The minimum atomic E-state index is -0.236. The van der Waals surface area contributed by atoms with Gasteiger partial charge in [0.25, 0.3) is 5.91 Å². The van der Waals surface area contributed by atoms with E-state index in [4.69, 9.17) is 17.3 Å². The summed E-state index contributed by atoms with van der Waals surface area (Å²) in [5, 5.41) is 3.16. The van der Waals surface area contributed by atoms with Crippen LogP contribution in [0.1, 0.15) is 10.4 Å². The summed E-state index contributed by atoms with van der Waals surface area (Å²) in [6.07, 6.45) is 5.14. The van der Waals surface area contributed by atoms with Gasteiger partial charge in [-0.3, -0.25) is 4.79 Å². The Morgan fingerprint density at radius 3 is 2.95 bits per heavy atom. The lowest BCUT2D eigenvalue weighted by Crippen LogP contribution is -2.12. The molecule has 0 spiro atoms. The third kappa shape index (κ3) is 2.31. The largest absolute Gasteiger partial charge is 0.399 e. The Kier molecular flexibility index (Phi) is 3.04. The van der Waals surface area contributed by atoms with Gasteiger partial charge in [0.1, 0.15) is 0 Å². The van der Waals surface area contributed by atoms with Crippen molar-refractivity contribution in [2.75, 3.05) is 11.1 Å². The maximum atomic E-state index is 12.2. The summed E-state index contributed by atoms with van der Waals surface area (Å²) in [6, 6.07) is 8.43. The lowest BCUT2D eigenvalue weighted by Gasteiger charge is -2.08. The molecule has 1 aromatic carbocycles. The average molecular weight is 287 g/mol. The fraction of sp³-hybridized carbons (Fsp3) is 0. The number of nitrogen functional groups attached to an aromatic ring is 1. The summed E-state index contributed by atoms with van der Waals surface area (Å²) in [5.41, 5.74) is 8.07. The molecule has 0 bridgehead atoms. The minimum absolute atomic E-state index is 0.236. The van der Waals surface area contributed by atoms with Crippen LogP contribution in [0, 0.1) is 0 Å². The van der Waals surface area contributed by atoms with Gasteiger partial charge in [-0.1, -0.05) is 11.6 Å². The quantitative estimate of drug-likeness (QED) is 0.712. The second kappa shape index (κ2) is 4.86. The fourth-order valence-electron chi connectivity index (χ4n) is 1.89. The summed E-state index contributed by atoms with van der Waals surface area (Å²) in [7, 11) is 0. The first-order valence-corrected chi connectivity index (χ1v) is 6.29. The van der Waals surface area contributed by atoms with Crippen LogP contribution in [0.25, 0.3) is 5.52 Å². The normalized spacial score (nSPS) is 10.7. The van der Waals surface area contributed by atoms with Crippen LogP contribution in [0.5, 0.6) is 0 Å². The molecule has 3 N–H and O–H groups in total. The number of benzene rings is 1. The number of anilines is 2. The highest BCUT2D eigenvalue weighted by Gasteiger charge is 2.09. The highest BCUT2D eigenvalue weighted by Crippen LogP contribution is 2.24. The smallest absolute Gasteiger partial charge is 0.255 e. The fourth-order valence-corrected chi connectivity index (χ4v) is 2.12. The summed E-state index contributed by atoms with van der Waals surface area (Å²) < 4.78 is 1.83. The molecule has 0 aliphatic carbocycles. The number of rotatable bonds is 2. The SMILES string of the molecule is Nc1ccc(NC(=O)c2ccn3cncc3c2)c(Cl)c1. The number of hydrogen-bond acceptors (Lipinski definition) is 3. The molecule has 0 atom stereocenters. The summed E-state index contributed by atoms with van der Waals surface area (Å²) in [6.45, 7) is 0. The lowest BCUT2D eigenvalue weighted by atomic mass is 10.2. The summed E-state index contributed by atoms with van der Waals surface area (Å²) in [4.78, 5) is 16.2. The zero-order valence-electron chi connectivity index (χ0n) is 10.4. The summed E-state index contributed by atoms with van der Waals surface area (Å²) >= 11 is 6.03. The zero-order chi connectivity index (χ0) is 14.1. The number of imidazole rings is 1. The molecule has 0 saturated carbocycles. The number of nitrogens with zero attached hydrogens (tertiary/aromatic N) is 2. The molecular formula is C14H11ClN4O. The van der Waals surface area contributed by atoms with Gasteiger partial charge in [-0.2, -0.15) is 0 Å². The summed E-state index contributed by atoms with van der Waals surface area (Å²) in [5.74, 6) is -0.236. The second-order valence-corrected chi connectivity index (χ2v) is 4.74. The van der Waals surface area contributed by atoms with Crippen molar-refractivity contribution in [3.8, 4) is 0 Å². The van der Waals surface area contributed by atoms with Gasteiger partial charge in [0.15, 0.2) is 0 Å². The number of carbonyl (C=O) groups is 1. The number of nitrogens with two attached hydrogens (primary N) is 1. The first kappa shape index (κ1) is 12.5. The maximum Gasteiger partial charge on any atom is 0.255 e. The van der Waals surface area contributed by atoms with Gasteiger partial charge < -0.3 is 15.5 Å². The van der Waals surface area contributed by atoms with E-state index >= 15 is 0 Å². The number of pyridine rings is 1. The molecule has 0 radical (unpaired) electrons. The van der Waals surface area contributed by atoms with Crippen molar-refractivity contribution < 1.29 is 4.79 Å². The molecule has 6 heteroatoms. The van der Waals surface area contributed by atoms with Crippen molar-refractivity contribution in [3.63, 3.8) is 0 Å². The van der Waals surface area contributed by atoms with E-state index in [-0.39, 0.29) is 5.91 Å². The first-order valence-electron chi connectivity index (χ1n) is 5.91. The molecular weight excluding hydrogens is 276 g/mol. The number of nitrogens with one attached hydrogen (secondary N) is 1. The van der Waals surface area contributed by atoms with Crippen molar-refractivity contribution in [2.45, 2.75) is 0 Å². The number of carbonyl (C=O) groups excluding carboxylic acids is 1. The Labute approximate surface area is 120 Å². The van der Waals surface area contributed by atoms with Gasteiger partial charge >= 0.3 is 0 Å². The van der Waals surface area contributed by atoms with E-state index in [1.165, 1.54) is 0 Å². The third-order valence-electron chi connectivity index (χ3n) is 2.92. The zero-order valence-corrected chi connectivity index (χ0v) is 11.1. The van der Waals surface area contributed by atoms with Crippen molar-refractivity contribution in [3.05, 3.63) is 59.6 Å². The van der Waals surface area contributed by atoms with E-state index in [0.29, 0.717) is 22.0 Å². The molecule has 20 heavy (non-hydrogen) atoms. The van der Waals surface area contributed by atoms with Crippen LogP contribution in [-0.2, 0) is 0 Å². The molecule has 3 aromatic rings. The lowest BCUT2D eigenvalue weighted by molar-refractivity contribution is 0.102. The number of amides is 1. The molecule has 5 nitrogen and oxygen atoms in total. The molecule has 1 amide bonds. The highest BCUT2D eigenvalue weighted by molar-refractivity contribution is 6.34. The minimum Gasteiger partial charge on any atom is -0.399 e. The van der Waals surface area contributed by atoms with Gasteiger partial charge in [-0.25, -0.2) is 4.98 Å². The van der Waals surface area contributed by atoms with Crippen molar-refractivity contribution in [1.82, 2.24) is 9.38 Å². The van der Waals surface area contributed by atoms with Crippen LogP contribution in [0.2, 0.25) is 5.02 Å². The Balaban J connectivity index is 1.88. The average Bonchev–Trinajstić information content (AvgIpc) is 2.89. The number of fused-ring (bicyclic) bond motifs is 1. The monoisotopic (exact) mass is 286 g/mol. The molecule has 0 fully saturated rings. The molecule has 3 rings (SSSR count). The molecule has 0 aliphatic heterocycles. The van der Waals surface area contributed by atoms with Crippen molar-refractivity contribution in [1.29, 1.82) is 0 Å². The van der Waals surface area contributed by atoms with Gasteiger partial charge in [0.05, 0.1) is 28.8 Å². The van der Waals surface area contributed by atoms with E-state index in [1.54, 1.807) is 49.1 Å². The van der Waals surface area contributed by atoms with Gasteiger partial charge in [0, 0.05) is 17.4 Å². The van der Waals surface area contributed by atoms with E-state index in [2.05, 4.69) is 10.3 Å². The van der Waals surface area contributed by atoms with Crippen LogP contribution in [-0.4, -0.2) is 15.3 Å². The van der Waals surface area contributed by atoms with Crippen LogP contribution in [0.3, 0.4) is 0 Å². The molecule has 0 aliphatic rings. The Hall–Kier alpha value is -2.53. The van der Waals surface area contributed by atoms with Crippen LogP contribution < -0.4 is 11.1 Å². The molecule has 0 unspecified atom stereocenters. The Morgan fingerprint density at radius 1 is 1.30 bits per heavy atom. The standard InChI is InChI=1S/C14H11ClN4O/c15-12-6-10(16)1-2-13(12)18-14(20)9-3-4-19-8-17-7-11(19)5-9/h1-8H,16H2,(H,18,20). The Bertz CT molecular complexity index is 797. The van der Waals surface area contributed by atoms with Gasteiger partial charge in [0.2, 0.25) is 0 Å². The van der Waals surface area contributed by atoms with E-state index < -0.39 is 0 Å². The molecule has 2 heterocycles. The van der Waals surface area contributed by atoms with Crippen molar-refractivity contribution >= 4 is 34.4 Å². The number of halogens is 1.